The number of aliphatic carboxylic acids is 2. The first-order chi connectivity index (χ1) is 39.7. The normalized spacial score (nSPS) is 15.8. The Morgan fingerprint density at radius 3 is 0.741 bits per heavy atom. The summed E-state index contributed by atoms with van der Waals surface area (Å²) in [6, 6.07) is 0.759. The third kappa shape index (κ3) is 105. The molecule has 0 bridgehead atoms. The van der Waals surface area contributed by atoms with Crippen LogP contribution in [0, 0.1) is 82.9 Å². The van der Waals surface area contributed by atoms with Gasteiger partial charge in [-0.2, -0.15) is 0 Å². The summed E-state index contributed by atoms with van der Waals surface area (Å²) in [5.74, 6) is 9.97. The third-order valence-corrected chi connectivity index (χ3v) is 17.5. The summed E-state index contributed by atoms with van der Waals surface area (Å²) < 4.78 is 0. The van der Waals surface area contributed by atoms with Crippen molar-refractivity contribution in [2.24, 2.45) is 94.3 Å². The van der Waals surface area contributed by atoms with Crippen LogP contribution in [-0.2, 0) is 9.59 Å². The predicted molar refractivity (Wildman–Crippen MR) is 391 cm³/mol. The van der Waals surface area contributed by atoms with E-state index in [0.717, 1.165) is 90.8 Å². The minimum absolute atomic E-state index is 0.303. The van der Waals surface area contributed by atoms with E-state index < -0.39 is 11.9 Å². The van der Waals surface area contributed by atoms with Crippen molar-refractivity contribution in [3.63, 3.8) is 0 Å². The van der Waals surface area contributed by atoms with Crippen LogP contribution in [0.1, 0.15) is 406 Å². The average Bonchev–Trinajstić information content (AvgIpc) is 3.42. The van der Waals surface area contributed by atoms with Crippen LogP contribution in [0.15, 0.2) is 0 Å². The molecule has 0 aromatic heterocycles. The summed E-state index contributed by atoms with van der Waals surface area (Å²) >= 11 is 0. The lowest BCUT2D eigenvalue weighted by atomic mass is 9.84. The number of rotatable bonds is 43. The Kier molecular flexibility index (Phi) is 88.7. The molecule has 0 fully saturated rings. The van der Waals surface area contributed by atoms with Crippen LogP contribution in [-0.4, -0.2) is 34.2 Å². The van der Waals surface area contributed by atoms with E-state index in [0.29, 0.717) is 42.7 Å². The lowest BCUT2D eigenvalue weighted by Gasteiger charge is -2.22. The fourth-order valence-corrected chi connectivity index (χ4v) is 10.4. The summed E-state index contributed by atoms with van der Waals surface area (Å²) in [6.45, 7) is 63.2. The van der Waals surface area contributed by atoms with Crippen molar-refractivity contribution in [3.05, 3.63) is 0 Å². The molecule has 0 saturated carbocycles. The zero-order chi connectivity index (χ0) is 67.7. The largest absolute Gasteiger partial charge is 0.481 e. The molecule has 0 heterocycles. The molecule has 14 unspecified atom stereocenters. The van der Waals surface area contributed by atoms with Gasteiger partial charge >= 0.3 is 11.9 Å². The van der Waals surface area contributed by atoms with Crippen molar-refractivity contribution >= 4 is 11.9 Å². The number of carboxylic acids is 2. The number of unbranched alkanes of at least 4 members (excludes halogenated alkanes) is 9. The van der Waals surface area contributed by atoms with Crippen LogP contribution in [0.3, 0.4) is 0 Å². The molecule has 0 aromatic carbocycles. The Morgan fingerprint density at radius 1 is 0.271 bits per heavy atom. The van der Waals surface area contributed by atoms with Gasteiger partial charge in [0.1, 0.15) is 0 Å². The van der Waals surface area contributed by atoms with Crippen molar-refractivity contribution in [2.45, 2.75) is 418 Å². The maximum atomic E-state index is 10.3. The Bertz CT molecular complexity index is 1220. The fourth-order valence-electron chi connectivity index (χ4n) is 10.4. The first-order valence-electron chi connectivity index (χ1n) is 37.6. The summed E-state index contributed by atoms with van der Waals surface area (Å²) in [5, 5.41) is 16.6. The van der Waals surface area contributed by atoms with Crippen LogP contribution in [0.5, 0.6) is 0 Å². The quantitative estimate of drug-likeness (QED) is 0.0451. The molecule has 14 atom stereocenters. The van der Waals surface area contributed by atoms with E-state index >= 15 is 0 Å². The molecule has 0 rings (SSSR count). The number of carbonyl (C=O) groups is 2. The van der Waals surface area contributed by atoms with Crippen LogP contribution >= 0.6 is 0 Å². The van der Waals surface area contributed by atoms with Gasteiger partial charge in [-0.1, -0.05) is 315 Å². The molecule has 0 aliphatic rings. The predicted octanol–water partition coefficient (Wildman–Crippen LogP) is 26.8. The molecule has 6 N–H and O–H groups in total. The third-order valence-electron chi connectivity index (χ3n) is 17.5. The smallest absolute Gasteiger partial charge is 0.303 e. The molecular formula is C79H172N2O4. The number of hydrogen-bond donors (Lipinski definition) is 4. The minimum Gasteiger partial charge on any atom is -0.481 e. The topological polar surface area (TPSA) is 127 Å². The van der Waals surface area contributed by atoms with E-state index in [2.05, 4.69) is 173 Å². The molecule has 6 nitrogen and oxygen atoms in total. The SMILES string of the molecule is CC(C)CCC(=O)O.CCC(C)CC(C)CC.CCC(C)CC(C)CC(=O)O.CCC(C)CC(C)CCC(C)CC(C)CC(C)CC.CCC(C)CC(C)CCC(C)N.CCC(C)CC(C)N.CCCC(C)C.CCCCCCCCCCCC. The second-order valence-corrected chi connectivity index (χ2v) is 29.8. The lowest BCUT2D eigenvalue weighted by molar-refractivity contribution is -0.138. The minimum atomic E-state index is -0.696. The van der Waals surface area contributed by atoms with Crippen molar-refractivity contribution in [2.75, 3.05) is 0 Å². The van der Waals surface area contributed by atoms with Crippen molar-refractivity contribution in [3.8, 4) is 0 Å². The maximum Gasteiger partial charge on any atom is 0.303 e. The lowest BCUT2D eigenvalue weighted by Crippen LogP contribution is -2.17. The Hall–Kier alpha value is -1.14. The van der Waals surface area contributed by atoms with E-state index in [1.165, 1.54) is 173 Å². The molecule has 0 aliphatic carbocycles. The first kappa shape index (κ1) is 100. The zero-order valence-electron chi connectivity index (χ0n) is 64.4. The highest BCUT2D eigenvalue weighted by Crippen LogP contribution is 2.27. The number of hydrogen-bond acceptors (Lipinski definition) is 4. The van der Waals surface area contributed by atoms with Crippen molar-refractivity contribution in [1.82, 2.24) is 0 Å². The number of carboxylic acid groups (broad SMARTS) is 2. The summed E-state index contributed by atoms with van der Waals surface area (Å²) in [7, 11) is 0. The van der Waals surface area contributed by atoms with E-state index in [1.54, 1.807) is 0 Å². The number of nitrogens with two attached hydrogens (primary N) is 2. The van der Waals surface area contributed by atoms with Crippen LogP contribution < -0.4 is 11.5 Å². The molecule has 6 heteroatoms. The summed E-state index contributed by atoms with van der Waals surface area (Å²) in [5.41, 5.74) is 11.3. The van der Waals surface area contributed by atoms with Gasteiger partial charge in [-0.25, -0.2) is 0 Å². The monoisotopic (exact) mass is 1210 g/mol. The fraction of sp³-hybridized carbons (Fsp3) is 0.975. The molecule has 0 saturated heterocycles. The highest BCUT2D eigenvalue weighted by Gasteiger charge is 2.15. The van der Waals surface area contributed by atoms with Gasteiger partial charge in [0.25, 0.3) is 0 Å². The maximum absolute atomic E-state index is 10.3. The standard InChI is InChI=1S/C19H40.C12H26.C11H25N.C9H18O2.C9H20.C7H17N.C6H12O2.C6H14/c1-8-15(3)12-17(5)10-11-18(6)14-19(7)13-16(4)9-2;1-3-5-7-9-11-12-10-8-6-4-2;1-5-9(2)8-10(3)6-7-11(4)12;1-4-7(2)5-8(3)6-9(10)11;1-5-8(3)7-9(4)6-2;1-4-6(2)5-7(3)8;1-5(2)3-4-6(7)8;1-4-5-6(2)3/h15-19H,8-14H2,1-7H3;3-12H2,1-2H3;9-11H,5-8,12H2,1-4H3;7-8H,4-6H2,1-3H3,(H,10,11);8-9H,5-7H2,1-4H3;6-7H,4-5,8H2,1-3H3;5H,3-4H2,1-2H3,(H,7,8);6H,4-5H2,1-3H3. The van der Waals surface area contributed by atoms with E-state index in [4.69, 9.17) is 21.7 Å². The van der Waals surface area contributed by atoms with E-state index in [1.807, 2.05) is 20.8 Å². The van der Waals surface area contributed by atoms with Gasteiger partial charge in [-0.15, -0.1) is 0 Å². The van der Waals surface area contributed by atoms with Crippen molar-refractivity contribution < 1.29 is 19.8 Å². The Labute approximate surface area is 541 Å². The van der Waals surface area contributed by atoms with Gasteiger partial charge in [0, 0.05) is 24.9 Å². The zero-order valence-corrected chi connectivity index (χ0v) is 64.4. The second kappa shape index (κ2) is 75.3. The van der Waals surface area contributed by atoms with E-state index in [9.17, 15) is 9.59 Å². The molecule has 85 heavy (non-hydrogen) atoms. The first-order valence-corrected chi connectivity index (χ1v) is 37.6. The average molecular weight is 1210 g/mol. The van der Waals surface area contributed by atoms with Crippen LogP contribution in [0.2, 0.25) is 0 Å². The molecule has 0 radical (unpaired) electrons. The van der Waals surface area contributed by atoms with Gasteiger partial charge in [0.15, 0.2) is 0 Å². The Balaban J connectivity index is -0.000000136. The highest BCUT2D eigenvalue weighted by molar-refractivity contribution is 5.67. The molecule has 522 valence electrons. The second-order valence-electron chi connectivity index (χ2n) is 29.8. The summed E-state index contributed by atoms with van der Waals surface area (Å²) in [6.07, 6.45) is 42.2. The Morgan fingerprint density at radius 2 is 0.529 bits per heavy atom. The van der Waals surface area contributed by atoms with Crippen molar-refractivity contribution in [1.29, 1.82) is 0 Å². The van der Waals surface area contributed by atoms with E-state index in [-0.39, 0.29) is 0 Å². The van der Waals surface area contributed by atoms with Crippen LogP contribution in [0.4, 0.5) is 0 Å². The molecule has 0 aliphatic heterocycles. The van der Waals surface area contributed by atoms with Gasteiger partial charge in [-0.05, 0) is 161 Å². The van der Waals surface area contributed by atoms with Crippen LogP contribution in [0.25, 0.3) is 0 Å². The molecule has 0 aromatic rings. The van der Waals surface area contributed by atoms with Gasteiger partial charge in [0.2, 0.25) is 0 Å². The summed E-state index contributed by atoms with van der Waals surface area (Å²) in [4.78, 5) is 20.2. The molecule has 0 amide bonds. The molecule has 0 spiro atoms. The van der Waals surface area contributed by atoms with Gasteiger partial charge in [-0.3, -0.25) is 9.59 Å². The van der Waals surface area contributed by atoms with Gasteiger partial charge in [0.05, 0.1) is 0 Å². The molecular weight excluding hydrogens is 1040 g/mol. The highest BCUT2D eigenvalue weighted by atomic mass is 16.4. The van der Waals surface area contributed by atoms with Gasteiger partial charge < -0.3 is 21.7 Å².